The summed E-state index contributed by atoms with van der Waals surface area (Å²) in [6.07, 6.45) is 4.05. The average molecular weight is 292 g/mol. The quantitative estimate of drug-likeness (QED) is 0.857. The second-order valence-electron chi connectivity index (χ2n) is 4.51. The fourth-order valence-electron chi connectivity index (χ4n) is 2.29. The van der Waals surface area contributed by atoms with E-state index >= 15 is 0 Å². The molecule has 1 aliphatic carbocycles. The molecule has 3 rings (SSSR count). The second kappa shape index (κ2) is 6.41. The zero-order chi connectivity index (χ0) is 11.0. The van der Waals surface area contributed by atoms with Crippen LogP contribution in [-0.4, -0.2) is 36.1 Å². The first-order chi connectivity index (χ1) is 7.86. The van der Waals surface area contributed by atoms with Crippen molar-refractivity contribution in [1.29, 1.82) is 0 Å². The zero-order valence-electron chi connectivity index (χ0n) is 10.1. The minimum atomic E-state index is 0. The molecular weight excluding hydrogens is 273 g/mol. The van der Waals surface area contributed by atoms with Crippen molar-refractivity contribution in [3.8, 4) is 0 Å². The highest BCUT2D eigenvalue weighted by atomic mass is 35.5. The van der Waals surface area contributed by atoms with Crippen molar-refractivity contribution in [3.05, 3.63) is 11.9 Å². The summed E-state index contributed by atoms with van der Waals surface area (Å²) in [5.41, 5.74) is 7.16. The predicted molar refractivity (Wildman–Crippen MR) is 78.0 cm³/mol. The number of aromatic nitrogens is 2. The molecule has 2 heterocycles. The van der Waals surface area contributed by atoms with Crippen LogP contribution in [0, 0.1) is 0 Å². The van der Waals surface area contributed by atoms with E-state index < -0.39 is 0 Å². The van der Waals surface area contributed by atoms with Crippen LogP contribution in [-0.2, 0) is 0 Å². The highest BCUT2D eigenvalue weighted by Crippen LogP contribution is 2.45. The van der Waals surface area contributed by atoms with E-state index in [0.29, 0.717) is 11.7 Å². The molecule has 7 heteroatoms. The van der Waals surface area contributed by atoms with Crippen LogP contribution >= 0.6 is 24.8 Å². The number of nitrogens with two attached hydrogens (primary N) is 1. The molecule has 3 N–H and O–H groups in total. The highest BCUT2D eigenvalue weighted by Gasteiger charge is 2.31. The summed E-state index contributed by atoms with van der Waals surface area (Å²) in [5, 5.41) is 3.35. The number of hydrogen-bond acceptors (Lipinski definition) is 5. The van der Waals surface area contributed by atoms with E-state index in [-0.39, 0.29) is 24.8 Å². The van der Waals surface area contributed by atoms with Gasteiger partial charge in [0.1, 0.15) is 18.0 Å². The average Bonchev–Trinajstić information content (AvgIpc) is 3.14. The zero-order valence-corrected chi connectivity index (χ0v) is 11.8. The lowest BCUT2D eigenvalue weighted by Gasteiger charge is -2.30. The number of nitrogens with one attached hydrogen (secondary N) is 1. The summed E-state index contributed by atoms with van der Waals surface area (Å²) in [5.74, 6) is 2.34. The maximum atomic E-state index is 5.98. The van der Waals surface area contributed by atoms with Crippen LogP contribution in [0.15, 0.2) is 6.33 Å². The SMILES string of the molecule is Cl.Cl.Nc1ncnc(N2CCNCC2)c1C1CC1. The maximum Gasteiger partial charge on any atom is 0.137 e. The van der Waals surface area contributed by atoms with Crippen LogP contribution < -0.4 is 16.0 Å². The Kier molecular flexibility index (Phi) is 5.44. The van der Waals surface area contributed by atoms with Gasteiger partial charge < -0.3 is 16.0 Å². The van der Waals surface area contributed by atoms with Gasteiger partial charge in [0.05, 0.1) is 0 Å². The molecule has 1 aromatic heterocycles. The first-order valence-corrected chi connectivity index (χ1v) is 5.92. The summed E-state index contributed by atoms with van der Waals surface area (Å²) in [4.78, 5) is 10.9. The van der Waals surface area contributed by atoms with Gasteiger partial charge in [-0.05, 0) is 18.8 Å². The Bertz CT molecular complexity index is 391. The van der Waals surface area contributed by atoms with Gasteiger partial charge in [0.2, 0.25) is 0 Å². The lowest BCUT2D eigenvalue weighted by atomic mass is 10.1. The molecule has 2 aliphatic rings. The van der Waals surface area contributed by atoms with Crippen LogP contribution in [0.3, 0.4) is 0 Å². The van der Waals surface area contributed by atoms with Gasteiger partial charge in [0, 0.05) is 31.7 Å². The molecular formula is C11H19Cl2N5. The number of rotatable bonds is 2. The Morgan fingerprint density at radius 2 is 1.83 bits per heavy atom. The van der Waals surface area contributed by atoms with E-state index in [1.165, 1.54) is 18.4 Å². The Morgan fingerprint density at radius 1 is 1.17 bits per heavy atom. The number of nitrogen functional groups attached to an aromatic ring is 1. The van der Waals surface area contributed by atoms with Gasteiger partial charge in [0.15, 0.2) is 0 Å². The molecule has 1 aromatic rings. The highest BCUT2D eigenvalue weighted by molar-refractivity contribution is 5.85. The Balaban J connectivity index is 0.000000810. The van der Waals surface area contributed by atoms with E-state index in [0.717, 1.165) is 32.0 Å². The minimum Gasteiger partial charge on any atom is -0.383 e. The molecule has 0 atom stereocenters. The number of nitrogens with zero attached hydrogens (tertiary/aromatic N) is 3. The van der Waals surface area contributed by atoms with Gasteiger partial charge in [-0.2, -0.15) is 0 Å². The third kappa shape index (κ3) is 2.96. The molecule has 0 unspecified atom stereocenters. The van der Waals surface area contributed by atoms with Gasteiger partial charge in [-0.1, -0.05) is 0 Å². The van der Waals surface area contributed by atoms with E-state index in [1.807, 2.05) is 0 Å². The molecule has 1 aliphatic heterocycles. The standard InChI is InChI=1S/C11H17N5.2ClH/c12-10-9(8-1-2-8)11(15-7-14-10)16-5-3-13-4-6-16;;/h7-8,13H,1-6H2,(H2,12,14,15);2*1H. The third-order valence-corrected chi connectivity index (χ3v) is 3.30. The second-order valence-corrected chi connectivity index (χ2v) is 4.51. The Labute approximate surface area is 119 Å². The van der Waals surface area contributed by atoms with E-state index in [1.54, 1.807) is 6.33 Å². The van der Waals surface area contributed by atoms with Gasteiger partial charge in [0.25, 0.3) is 0 Å². The summed E-state index contributed by atoms with van der Waals surface area (Å²) >= 11 is 0. The lowest BCUT2D eigenvalue weighted by Crippen LogP contribution is -2.44. The van der Waals surface area contributed by atoms with Crippen LogP contribution in [0.25, 0.3) is 0 Å². The molecule has 1 saturated carbocycles. The topological polar surface area (TPSA) is 67.1 Å². The van der Waals surface area contributed by atoms with Gasteiger partial charge in [-0.25, -0.2) is 9.97 Å². The normalized spacial score (nSPS) is 18.8. The van der Waals surface area contributed by atoms with Crippen molar-refractivity contribution in [2.75, 3.05) is 36.8 Å². The van der Waals surface area contributed by atoms with E-state index in [9.17, 15) is 0 Å². The largest absolute Gasteiger partial charge is 0.383 e. The molecule has 2 fully saturated rings. The molecule has 5 nitrogen and oxygen atoms in total. The lowest BCUT2D eigenvalue weighted by molar-refractivity contribution is 0.583. The van der Waals surface area contributed by atoms with E-state index in [2.05, 4.69) is 20.2 Å². The minimum absolute atomic E-state index is 0. The smallest absolute Gasteiger partial charge is 0.137 e. The van der Waals surface area contributed by atoms with Gasteiger partial charge in [-0.15, -0.1) is 24.8 Å². The van der Waals surface area contributed by atoms with Crippen LogP contribution in [0.4, 0.5) is 11.6 Å². The van der Waals surface area contributed by atoms with Crippen molar-refractivity contribution >= 4 is 36.4 Å². The molecule has 0 spiro atoms. The number of piperazine rings is 1. The molecule has 0 aromatic carbocycles. The van der Waals surface area contributed by atoms with Gasteiger partial charge >= 0.3 is 0 Å². The summed E-state index contributed by atoms with van der Waals surface area (Å²) in [7, 11) is 0. The summed E-state index contributed by atoms with van der Waals surface area (Å²) < 4.78 is 0. The first-order valence-electron chi connectivity index (χ1n) is 5.92. The summed E-state index contributed by atoms with van der Waals surface area (Å²) in [6.45, 7) is 4.06. The molecule has 18 heavy (non-hydrogen) atoms. The summed E-state index contributed by atoms with van der Waals surface area (Å²) in [6, 6.07) is 0. The molecule has 0 amide bonds. The monoisotopic (exact) mass is 291 g/mol. The molecule has 102 valence electrons. The number of hydrogen-bond donors (Lipinski definition) is 2. The number of halogens is 2. The number of anilines is 2. The van der Waals surface area contributed by atoms with Crippen molar-refractivity contribution in [1.82, 2.24) is 15.3 Å². The molecule has 0 bridgehead atoms. The fourth-order valence-corrected chi connectivity index (χ4v) is 2.29. The van der Waals surface area contributed by atoms with E-state index in [4.69, 9.17) is 5.73 Å². The first kappa shape index (κ1) is 15.3. The Hall–Kier alpha value is -0.780. The maximum absolute atomic E-state index is 5.98. The van der Waals surface area contributed by atoms with Crippen LogP contribution in [0.1, 0.15) is 24.3 Å². The van der Waals surface area contributed by atoms with Crippen molar-refractivity contribution in [3.63, 3.8) is 0 Å². The third-order valence-electron chi connectivity index (χ3n) is 3.30. The van der Waals surface area contributed by atoms with Gasteiger partial charge in [-0.3, -0.25) is 0 Å². The van der Waals surface area contributed by atoms with Crippen molar-refractivity contribution in [2.24, 2.45) is 0 Å². The predicted octanol–water partition coefficient (Wildman–Crippen LogP) is 1.19. The molecule has 0 radical (unpaired) electrons. The van der Waals surface area contributed by atoms with Crippen LogP contribution in [0.5, 0.6) is 0 Å². The van der Waals surface area contributed by atoms with Crippen molar-refractivity contribution in [2.45, 2.75) is 18.8 Å². The fraction of sp³-hybridized carbons (Fsp3) is 0.636. The Morgan fingerprint density at radius 3 is 2.44 bits per heavy atom. The van der Waals surface area contributed by atoms with Crippen molar-refractivity contribution < 1.29 is 0 Å². The van der Waals surface area contributed by atoms with Crippen LogP contribution in [0.2, 0.25) is 0 Å². The molecule has 1 saturated heterocycles.